The minimum absolute atomic E-state index is 0.0937. The number of ketones is 1. The molecule has 1 unspecified atom stereocenters. The SMILES string of the molecule is CCOP(=O)(OCC)C(O)C(=O)c1ccccc1. The summed E-state index contributed by atoms with van der Waals surface area (Å²) in [6.07, 6.45) is 0. The number of benzene rings is 1. The Kier molecular flexibility index (Phi) is 5.69. The standard InChI is InChI=1S/C12H17O5P/c1-3-16-18(15,17-4-2)12(14)11(13)10-8-6-5-7-9-10/h5-9,12,14H,3-4H2,1-2H3. The van der Waals surface area contributed by atoms with E-state index < -0.39 is 19.2 Å². The fourth-order valence-electron chi connectivity index (χ4n) is 1.43. The Labute approximate surface area is 106 Å². The van der Waals surface area contributed by atoms with Gasteiger partial charge in [-0.3, -0.25) is 9.36 Å². The predicted octanol–water partition coefficient (Wildman–Crippen LogP) is 2.45. The van der Waals surface area contributed by atoms with Crippen LogP contribution in [-0.4, -0.2) is 29.9 Å². The number of rotatable bonds is 7. The van der Waals surface area contributed by atoms with E-state index in [-0.39, 0.29) is 18.8 Å². The van der Waals surface area contributed by atoms with Gasteiger partial charge < -0.3 is 14.2 Å². The van der Waals surface area contributed by atoms with Gasteiger partial charge in [-0.05, 0) is 13.8 Å². The van der Waals surface area contributed by atoms with Crippen molar-refractivity contribution >= 4 is 13.4 Å². The summed E-state index contributed by atoms with van der Waals surface area (Å²) in [4.78, 5) is 12.0. The summed E-state index contributed by atoms with van der Waals surface area (Å²) in [5.74, 6) is -2.46. The highest BCUT2D eigenvalue weighted by Crippen LogP contribution is 2.52. The molecule has 0 saturated carbocycles. The fraction of sp³-hybridized carbons (Fsp3) is 0.417. The molecule has 0 fully saturated rings. The van der Waals surface area contributed by atoms with Gasteiger partial charge in [0.1, 0.15) is 0 Å². The van der Waals surface area contributed by atoms with Crippen LogP contribution in [0.4, 0.5) is 0 Å². The summed E-state index contributed by atoms with van der Waals surface area (Å²) in [5.41, 5.74) is 0.268. The third-order valence-electron chi connectivity index (χ3n) is 2.21. The van der Waals surface area contributed by atoms with Gasteiger partial charge in [0.05, 0.1) is 13.2 Å². The average Bonchev–Trinajstić information content (AvgIpc) is 2.38. The normalized spacial score (nSPS) is 13.3. The first kappa shape index (κ1) is 15.1. The number of carbonyl (C=O) groups excluding carboxylic acids is 1. The summed E-state index contributed by atoms with van der Waals surface area (Å²) < 4.78 is 22.1. The van der Waals surface area contributed by atoms with Crippen LogP contribution in [0.15, 0.2) is 30.3 Å². The molecule has 0 radical (unpaired) electrons. The topological polar surface area (TPSA) is 72.8 Å². The van der Waals surface area contributed by atoms with Crippen molar-refractivity contribution in [2.45, 2.75) is 19.7 Å². The number of Topliss-reactive ketones (excluding diaryl/α,β-unsaturated/α-hetero) is 1. The number of aliphatic hydroxyl groups is 1. The Morgan fingerprint density at radius 3 is 2.17 bits per heavy atom. The van der Waals surface area contributed by atoms with Crippen LogP contribution in [0.1, 0.15) is 24.2 Å². The Balaban J connectivity index is 2.93. The van der Waals surface area contributed by atoms with E-state index in [1.807, 2.05) is 0 Å². The molecule has 0 heterocycles. The summed E-state index contributed by atoms with van der Waals surface area (Å²) in [6.45, 7) is 3.42. The summed E-state index contributed by atoms with van der Waals surface area (Å²) in [6, 6.07) is 8.13. The zero-order valence-corrected chi connectivity index (χ0v) is 11.3. The van der Waals surface area contributed by atoms with E-state index >= 15 is 0 Å². The zero-order valence-electron chi connectivity index (χ0n) is 10.4. The maximum absolute atomic E-state index is 12.2. The van der Waals surface area contributed by atoms with E-state index in [1.54, 1.807) is 32.0 Å². The first-order valence-corrected chi connectivity index (χ1v) is 7.32. The minimum atomic E-state index is -3.83. The van der Waals surface area contributed by atoms with Crippen LogP contribution in [0.25, 0.3) is 0 Å². The molecule has 0 amide bonds. The smallest absolute Gasteiger partial charge is 0.366 e. The Morgan fingerprint density at radius 2 is 1.72 bits per heavy atom. The van der Waals surface area contributed by atoms with Gasteiger partial charge in [-0.25, -0.2) is 0 Å². The lowest BCUT2D eigenvalue weighted by atomic mass is 10.1. The Hall–Kier alpha value is -1.00. The second kappa shape index (κ2) is 6.81. The molecule has 1 aromatic rings. The number of carbonyl (C=O) groups is 1. The largest absolute Gasteiger partial charge is 0.374 e. The number of aliphatic hydroxyl groups excluding tert-OH is 1. The third-order valence-corrected chi connectivity index (χ3v) is 4.28. The zero-order chi connectivity index (χ0) is 13.6. The highest BCUT2D eigenvalue weighted by molar-refractivity contribution is 7.55. The van der Waals surface area contributed by atoms with Crippen molar-refractivity contribution in [2.75, 3.05) is 13.2 Å². The molecule has 5 nitrogen and oxygen atoms in total. The monoisotopic (exact) mass is 272 g/mol. The first-order valence-electron chi connectivity index (χ1n) is 5.71. The molecular formula is C12H17O5P. The van der Waals surface area contributed by atoms with E-state index in [2.05, 4.69) is 0 Å². The molecule has 1 aromatic carbocycles. The maximum atomic E-state index is 12.2. The molecule has 0 aliphatic rings. The third kappa shape index (κ3) is 3.50. The van der Waals surface area contributed by atoms with E-state index in [0.717, 1.165) is 0 Å². The van der Waals surface area contributed by atoms with Crippen LogP contribution in [0.3, 0.4) is 0 Å². The molecule has 6 heteroatoms. The van der Waals surface area contributed by atoms with E-state index in [0.29, 0.717) is 0 Å². The average molecular weight is 272 g/mol. The van der Waals surface area contributed by atoms with Crippen LogP contribution < -0.4 is 0 Å². The van der Waals surface area contributed by atoms with Crippen molar-refractivity contribution in [3.8, 4) is 0 Å². The highest BCUT2D eigenvalue weighted by atomic mass is 31.2. The molecule has 1 N–H and O–H groups in total. The van der Waals surface area contributed by atoms with Crippen molar-refractivity contribution in [1.29, 1.82) is 0 Å². The maximum Gasteiger partial charge on any atom is 0.366 e. The van der Waals surface area contributed by atoms with E-state index in [4.69, 9.17) is 9.05 Å². The van der Waals surface area contributed by atoms with Crippen molar-refractivity contribution in [1.82, 2.24) is 0 Å². The second-order valence-electron chi connectivity index (χ2n) is 3.48. The van der Waals surface area contributed by atoms with Crippen LogP contribution in [0.5, 0.6) is 0 Å². The van der Waals surface area contributed by atoms with Gasteiger partial charge in [-0.2, -0.15) is 0 Å². The van der Waals surface area contributed by atoms with Gasteiger partial charge in [-0.1, -0.05) is 30.3 Å². The summed E-state index contributed by atoms with van der Waals surface area (Å²) in [5, 5.41) is 9.89. The molecule has 0 bridgehead atoms. The van der Waals surface area contributed by atoms with Crippen LogP contribution >= 0.6 is 7.60 Å². The number of hydrogen-bond donors (Lipinski definition) is 1. The van der Waals surface area contributed by atoms with Gasteiger partial charge in [0.25, 0.3) is 0 Å². The summed E-state index contributed by atoms with van der Waals surface area (Å²) in [7, 11) is -3.83. The van der Waals surface area contributed by atoms with Crippen molar-refractivity contribution < 1.29 is 23.5 Å². The van der Waals surface area contributed by atoms with Crippen molar-refractivity contribution in [3.05, 3.63) is 35.9 Å². The molecule has 0 saturated heterocycles. The Morgan fingerprint density at radius 1 is 1.22 bits per heavy atom. The molecule has 1 atom stereocenters. The lowest BCUT2D eigenvalue weighted by Crippen LogP contribution is -2.23. The van der Waals surface area contributed by atoms with Crippen LogP contribution in [0, 0.1) is 0 Å². The molecule has 0 aliphatic heterocycles. The van der Waals surface area contributed by atoms with Crippen LogP contribution in [-0.2, 0) is 13.6 Å². The molecular weight excluding hydrogens is 255 g/mol. The number of hydrogen-bond acceptors (Lipinski definition) is 5. The molecule has 0 aliphatic carbocycles. The van der Waals surface area contributed by atoms with Gasteiger partial charge in [0.15, 0.2) is 0 Å². The Bertz CT molecular complexity index is 421. The quantitative estimate of drug-likeness (QED) is 0.609. The lowest BCUT2D eigenvalue weighted by Gasteiger charge is -2.21. The van der Waals surface area contributed by atoms with Gasteiger partial charge in [0.2, 0.25) is 11.6 Å². The lowest BCUT2D eigenvalue weighted by molar-refractivity contribution is 0.0788. The van der Waals surface area contributed by atoms with Crippen molar-refractivity contribution in [2.24, 2.45) is 0 Å². The molecule has 100 valence electrons. The highest BCUT2D eigenvalue weighted by Gasteiger charge is 2.39. The van der Waals surface area contributed by atoms with Crippen LogP contribution in [0.2, 0.25) is 0 Å². The second-order valence-corrected chi connectivity index (χ2v) is 5.56. The van der Waals surface area contributed by atoms with E-state index in [1.165, 1.54) is 12.1 Å². The summed E-state index contributed by atoms with van der Waals surface area (Å²) >= 11 is 0. The predicted molar refractivity (Wildman–Crippen MR) is 67.6 cm³/mol. The fourth-order valence-corrected chi connectivity index (χ4v) is 2.95. The van der Waals surface area contributed by atoms with Gasteiger partial charge in [-0.15, -0.1) is 0 Å². The molecule has 0 aromatic heterocycles. The molecule has 0 spiro atoms. The first-order chi connectivity index (χ1) is 8.55. The van der Waals surface area contributed by atoms with E-state index in [9.17, 15) is 14.5 Å². The van der Waals surface area contributed by atoms with Gasteiger partial charge in [0, 0.05) is 5.56 Å². The van der Waals surface area contributed by atoms with Gasteiger partial charge >= 0.3 is 7.60 Å². The molecule has 1 rings (SSSR count). The van der Waals surface area contributed by atoms with Crippen molar-refractivity contribution in [3.63, 3.8) is 0 Å². The molecule has 18 heavy (non-hydrogen) atoms. The minimum Gasteiger partial charge on any atom is -0.374 e.